The van der Waals surface area contributed by atoms with Crippen molar-refractivity contribution >= 4 is 33.2 Å². The van der Waals surface area contributed by atoms with Crippen LogP contribution in [0.25, 0.3) is 0 Å². The Morgan fingerprint density at radius 2 is 1.77 bits per heavy atom. The summed E-state index contributed by atoms with van der Waals surface area (Å²) in [6, 6.07) is 14.2. The number of ether oxygens (including phenoxy) is 1. The molecule has 10 heteroatoms. The van der Waals surface area contributed by atoms with Gasteiger partial charge in [0.15, 0.2) is 9.84 Å². The fraction of sp³-hybridized carbons (Fsp3) is 0.500. The molecule has 0 unspecified atom stereocenters. The summed E-state index contributed by atoms with van der Waals surface area (Å²) in [6.07, 6.45) is 8.70. The molecule has 2 saturated heterocycles. The van der Waals surface area contributed by atoms with Gasteiger partial charge in [0, 0.05) is 49.1 Å². The Labute approximate surface area is 261 Å². The van der Waals surface area contributed by atoms with Crippen LogP contribution in [0, 0.1) is 0 Å². The third-order valence-electron chi connectivity index (χ3n) is 9.04. The molecular formula is C34H44N6O3S. The van der Waals surface area contributed by atoms with Gasteiger partial charge in [-0.15, -0.1) is 0 Å². The third-order valence-corrected chi connectivity index (χ3v) is 11.2. The Kier molecular flexibility index (Phi) is 9.18. The van der Waals surface area contributed by atoms with Gasteiger partial charge in [-0.1, -0.05) is 24.6 Å². The van der Waals surface area contributed by atoms with Crippen LogP contribution in [0.2, 0.25) is 0 Å². The summed E-state index contributed by atoms with van der Waals surface area (Å²) in [4.78, 5) is 19.6. The van der Waals surface area contributed by atoms with Gasteiger partial charge in [0.05, 0.1) is 40.2 Å². The minimum Gasteiger partial charge on any atom is -0.494 e. The number of piperidine rings is 2. The minimum absolute atomic E-state index is 0.257. The van der Waals surface area contributed by atoms with Gasteiger partial charge in [-0.2, -0.15) is 0 Å². The van der Waals surface area contributed by atoms with Gasteiger partial charge in [-0.25, -0.2) is 18.4 Å². The normalized spacial score (nSPS) is 17.7. The number of fused-ring (bicyclic) bond motifs is 1. The molecule has 0 spiro atoms. The third kappa shape index (κ3) is 6.47. The number of rotatable bonds is 10. The van der Waals surface area contributed by atoms with Crippen LogP contribution in [0.1, 0.15) is 75.5 Å². The molecule has 1 N–H and O–H groups in total. The first-order valence-electron chi connectivity index (χ1n) is 16.1. The van der Waals surface area contributed by atoms with E-state index in [0.717, 1.165) is 35.7 Å². The molecular weight excluding hydrogens is 572 g/mol. The Hall–Kier alpha value is -3.50. The van der Waals surface area contributed by atoms with Crippen LogP contribution in [0.4, 0.5) is 17.2 Å². The van der Waals surface area contributed by atoms with Crippen molar-refractivity contribution in [1.29, 1.82) is 0 Å². The highest BCUT2D eigenvalue weighted by Gasteiger charge is 2.27. The van der Waals surface area contributed by atoms with E-state index < -0.39 is 15.1 Å². The Bertz CT molecular complexity index is 1610. The zero-order valence-electron chi connectivity index (χ0n) is 26.1. The Morgan fingerprint density at radius 1 is 1.00 bits per heavy atom. The van der Waals surface area contributed by atoms with E-state index >= 15 is 0 Å². The standard InChI is InChI=1S/C34H44N6O3S/c1-4-43-31-21-27(40-18-14-26(15-19-40)39-16-8-5-9-17-39)13-12-25(31)20-33-36-30-23-35-22-28(30)34(38-33)37-29-10-6-7-11-32(29)44(41,42)24(2)3/h6-7,10-13,21-22,24,26H,4-5,8-9,14-20,23H2,1-3H3,(H,36,37,38). The van der Waals surface area contributed by atoms with Crippen molar-refractivity contribution in [3.05, 3.63) is 65.1 Å². The lowest BCUT2D eigenvalue weighted by Crippen LogP contribution is -2.46. The highest BCUT2D eigenvalue weighted by Crippen LogP contribution is 2.33. The van der Waals surface area contributed by atoms with Gasteiger partial charge < -0.3 is 19.9 Å². The highest BCUT2D eigenvalue weighted by atomic mass is 32.2. The smallest absolute Gasteiger partial charge is 0.182 e. The van der Waals surface area contributed by atoms with E-state index in [1.54, 1.807) is 38.3 Å². The molecule has 9 nitrogen and oxygen atoms in total. The molecule has 4 heterocycles. The molecule has 234 valence electrons. The fourth-order valence-electron chi connectivity index (χ4n) is 6.54. The summed E-state index contributed by atoms with van der Waals surface area (Å²) in [5, 5.41) is 2.77. The maximum absolute atomic E-state index is 13.1. The van der Waals surface area contributed by atoms with Crippen molar-refractivity contribution in [2.45, 2.75) is 82.0 Å². The molecule has 0 bridgehead atoms. The summed E-state index contributed by atoms with van der Waals surface area (Å²) in [5.74, 6) is 2.05. The lowest BCUT2D eigenvalue weighted by Gasteiger charge is -2.41. The number of nitrogens with zero attached hydrogens (tertiary/aromatic N) is 5. The van der Waals surface area contributed by atoms with Crippen LogP contribution in [0.15, 0.2) is 52.4 Å². The predicted octanol–water partition coefficient (Wildman–Crippen LogP) is 5.78. The number of nitrogens with one attached hydrogen (secondary N) is 1. The van der Waals surface area contributed by atoms with Gasteiger partial charge >= 0.3 is 0 Å². The van der Waals surface area contributed by atoms with Crippen LogP contribution in [-0.4, -0.2) is 73.6 Å². The number of anilines is 3. The van der Waals surface area contributed by atoms with Crippen molar-refractivity contribution in [3.63, 3.8) is 0 Å². The summed E-state index contributed by atoms with van der Waals surface area (Å²) < 4.78 is 32.3. The molecule has 6 rings (SSSR count). The first-order valence-corrected chi connectivity index (χ1v) is 17.6. The number of likely N-dealkylation sites (tertiary alicyclic amines) is 1. The number of benzene rings is 2. The summed E-state index contributed by atoms with van der Waals surface area (Å²) in [7, 11) is -3.50. The Morgan fingerprint density at radius 3 is 2.52 bits per heavy atom. The van der Waals surface area contributed by atoms with Gasteiger partial charge in [0.1, 0.15) is 17.4 Å². The van der Waals surface area contributed by atoms with Crippen LogP contribution in [-0.2, 0) is 22.8 Å². The van der Waals surface area contributed by atoms with E-state index in [0.29, 0.717) is 42.9 Å². The largest absolute Gasteiger partial charge is 0.494 e. The molecule has 0 aliphatic carbocycles. The van der Waals surface area contributed by atoms with Crippen LogP contribution in [0.3, 0.4) is 0 Å². The molecule has 0 amide bonds. The van der Waals surface area contributed by atoms with E-state index in [9.17, 15) is 8.42 Å². The number of hydrogen-bond acceptors (Lipinski definition) is 9. The van der Waals surface area contributed by atoms with E-state index in [1.165, 1.54) is 50.9 Å². The average Bonchev–Trinajstić information content (AvgIpc) is 3.52. The fourth-order valence-corrected chi connectivity index (χ4v) is 7.74. The SMILES string of the molecule is CCOc1cc(N2CCC(N3CCCCC3)CC2)ccc1Cc1nc2c(c(Nc3ccccc3S(=O)(=O)C(C)C)n1)C=NC2. The van der Waals surface area contributed by atoms with Crippen molar-refractivity contribution in [2.24, 2.45) is 4.99 Å². The average molecular weight is 617 g/mol. The molecule has 3 aromatic rings. The van der Waals surface area contributed by atoms with Gasteiger partial charge in [-0.05, 0) is 77.7 Å². The lowest BCUT2D eigenvalue weighted by atomic mass is 9.99. The van der Waals surface area contributed by atoms with Crippen molar-refractivity contribution in [2.75, 3.05) is 43.0 Å². The molecule has 44 heavy (non-hydrogen) atoms. The maximum atomic E-state index is 13.1. The molecule has 3 aliphatic rings. The maximum Gasteiger partial charge on any atom is 0.182 e. The molecule has 0 radical (unpaired) electrons. The van der Waals surface area contributed by atoms with E-state index in [2.05, 4.69) is 38.3 Å². The molecule has 0 atom stereocenters. The number of hydrogen-bond donors (Lipinski definition) is 1. The Balaban J connectivity index is 1.23. The summed E-state index contributed by atoms with van der Waals surface area (Å²) in [6.45, 7) is 11.1. The molecule has 3 aliphatic heterocycles. The minimum atomic E-state index is -3.50. The zero-order chi connectivity index (χ0) is 30.7. The molecule has 2 aromatic carbocycles. The van der Waals surface area contributed by atoms with Crippen LogP contribution >= 0.6 is 0 Å². The van der Waals surface area contributed by atoms with Crippen LogP contribution in [0.5, 0.6) is 5.75 Å². The van der Waals surface area contributed by atoms with E-state index in [-0.39, 0.29) is 4.90 Å². The number of para-hydroxylation sites is 1. The molecule has 1 aromatic heterocycles. The first kappa shape index (κ1) is 30.5. The van der Waals surface area contributed by atoms with Gasteiger partial charge in [0.2, 0.25) is 0 Å². The zero-order valence-corrected chi connectivity index (χ0v) is 26.9. The van der Waals surface area contributed by atoms with Crippen molar-refractivity contribution in [1.82, 2.24) is 14.9 Å². The van der Waals surface area contributed by atoms with E-state index in [4.69, 9.17) is 14.7 Å². The number of sulfone groups is 1. The number of aromatic nitrogens is 2. The van der Waals surface area contributed by atoms with Crippen molar-refractivity contribution in [3.8, 4) is 5.75 Å². The second-order valence-corrected chi connectivity index (χ2v) is 14.7. The van der Waals surface area contributed by atoms with Crippen molar-refractivity contribution < 1.29 is 13.2 Å². The molecule has 2 fully saturated rings. The predicted molar refractivity (Wildman–Crippen MR) is 176 cm³/mol. The summed E-state index contributed by atoms with van der Waals surface area (Å²) >= 11 is 0. The van der Waals surface area contributed by atoms with Crippen LogP contribution < -0.4 is 15.0 Å². The second-order valence-electron chi connectivity index (χ2n) is 12.3. The highest BCUT2D eigenvalue weighted by molar-refractivity contribution is 7.92. The lowest BCUT2D eigenvalue weighted by molar-refractivity contribution is 0.141. The monoisotopic (exact) mass is 616 g/mol. The summed E-state index contributed by atoms with van der Waals surface area (Å²) in [5.41, 5.74) is 4.33. The van der Waals surface area contributed by atoms with Gasteiger partial charge in [-0.3, -0.25) is 4.99 Å². The molecule has 0 saturated carbocycles. The number of aliphatic imine (C=N–C) groups is 1. The first-order chi connectivity index (χ1) is 21.3. The van der Waals surface area contributed by atoms with E-state index in [1.807, 2.05) is 13.0 Å². The second kappa shape index (κ2) is 13.2. The quantitative estimate of drug-likeness (QED) is 0.306. The topological polar surface area (TPSA) is 100 Å². The van der Waals surface area contributed by atoms with Gasteiger partial charge in [0.25, 0.3) is 0 Å².